The highest BCUT2D eigenvalue weighted by atomic mass is 15.1. The van der Waals surface area contributed by atoms with Gasteiger partial charge in [0.1, 0.15) is 0 Å². The molecule has 0 aromatic heterocycles. The molecular formula is C10H20N2. The van der Waals surface area contributed by atoms with E-state index in [1.165, 1.54) is 31.6 Å². The molecule has 1 N–H and O–H groups in total. The molecule has 2 heteroatoms. The van der Waals surface area contributed by atoms with Gasteiger partial charge in [0, 0.05) is 13.1 Å². The summed E-state index contributed by atoms with van der Waals surface area (Å²) < 4.78 is 0. The Labute approximate surface area is 75.6 Å². The molecule has 2 nitrogen and oxygen atoms in total. The third kappa shape index (κ3) is 2.32. The van der Waals surface area contributed by atoms with Crippen LogP contribution in [0.15, 0.2) is 12.2 Å². The summed E-state index contributed by atoms with van der Waals surface area (Å²) in [5.41, 5.74) is 1.37. The molecule has 0 saturated carbocycles. The van der Waals surface area contributed by atoms with Gasteiger partial charge in [-0.1, -0.05) is 19.1 Å². The van der Waals surface area contributed by atoms with E-state index < -0.39 is 0 Å². The average molecular weight is 168 g/mol. The zero-order chi connectivity index (χ0) is 8.97. The van der Waals surface area contributed by atoms with Crippen LogP contribution < -0.4 is 5.32 Å². The summed E-state index contributed by atoms with van der Waals surface area (Å²) >= 11 is 0. The molecule has 1 unspecified atom stereocenters. The molecule has 0 spiro atoms. The second-order valence-electron chi connectivity index (χ2n) is 3.57. The maximum atomic E-state index is 4.11. The maximum Gasteiger partial charge on any atom is 0.0162 e. The Morgan fingerprint density at radius 2 is 2.42 bits per heavy atom. The van der Waals surface area contributed by atoms with Crippen molar-refractivity contribution in [1.82, 2.24) is 10.2 Å². The average Bonchev–Trinajstić information content (AvgIpc) is 2.52. The highest BCUT2D eigenvalue weighted by Crippen LogP contribution is 2.21. The van der Waals surface area contributed by atoms with Crippen LogP contribution in [-0.2, 0) is 0 Å². The molecule has 0 aromatic carbocycles. The molecule has 70 valence electrons. The van der Waals surface area contributed by atoms with Crippen LogP contribution in [0.2, 0.25) is 0 Å². The van der Waals surface area contributed by atoms with Crippen LogP contribution >= 0.6 is 0 Å². The van der Waals surface area contributed by atoms with E-state index >= 15 is 0 Å². The number of nitrogens with one attached hydrogen (secondary N) is 1. The van der Waals surface area contributed by atoms with Crippen molar-refractivity contribution >= 4 is 0 Å². The molecular weight excluding hydrogens is 148 g/mol. The van der Waals surface area contributed by atoms with Crippen LogP contribution in [0.1, 0.15) is 13.3 Å². The Hall–Kier alpha value is -0.340. The predicted octanol–water partition coefficient (Wildman–Crippen LogP) is 1.10. The lowest BCUT2D eigenvalue weighted by Crippen LogP contribution is -2.22. The minimum Gasteiger partial charge on any atom is -0.316 e. The summed E-state index contributed by atoms with van der Waals surface area (Å²) in [6, 6.07) is 0. The van der Waals surface area contributed by atoms with E-state index in [9.17, 15) is 0 Å². The first-order chi connectivity index (χ1) is 5.77. The molecule has 0 amide bonds. The molecule has 1 atom stereocenters. The summed E-state index contributed by atoms with van der Waals surface area (Å²) in [5, 5.41) is 3.16. The smallest absolute Gasteiger partial charge is 0.0162 e. The fourth-order valence-corrected chi connectivity index (χ4v) is 1.82. The van der Waals surface area contributed by atoms with E-state index in [0.29, 0.717) is 0 Å². The number of likely N-dealkylation sites (N-methyl/N-ethyl adjacent to an activating group) is 1. The molecule has 0 radical (unpaired) electrons. The highest BCUT2D eigenvalue weighted by molar-refractivity contribution is 5.05. The molecule has 12 heavy (non-hydrogen) atoms. The van der Waals surface area contributed by atoms with Gasteiger partial charge in [-0.25, -0.2) is 0 Å². The number of nitrogens with zero attached hydrogens (tertiary/aromatic N) is 1. The van der Waals surface area contributed by atoms with E-state index in [-0.39, 0.29) is 0 Å². The molecule has 1 aliphatic heterocycles. The fraction of sp³-hybridized carbons (Fsp3) is 0.800. The number of rotatable bonds is 4. The van der Waals surface area contributed by atoms with Gasteiger partial charge in [-0.3, -0.25) is 0 Å². The molecule has 1 heterocycles. The van der Waals surface area contributed by atoms with Gasteiger partial charge in [0.05, 0.1) is 0 Å². The molecule has 1 aliphatic rings. The third-order valence-corrected chi connectivity index (χ3v) is 2.70. The fourth-order valence-electron chi connectivity index (χ4n) is 1.82. The third-order valence-electron chi connectivity index (χ3n) is 2.70. The van der Waals surface area contributed by atoms with Gasteiger partial charge in [0.25, 0.3) is 0 Å². The summed E-state index contributed by atoms with van der Waals surface area (Å²) in [4.78, 5) is 2.49. The van der Waals surface area contributed by atoms with Gasteiger partial charge < -0.3 is 10.2 Å². The van der Waals surface area contributed by atoms with Crippen molar-refractivity contribution in [1.29, 1.82) is 0 Å². The lowest BCUT2D eigenvalue weighted by atomic mass is 10.00. The molecule has 1 fully saturated rings. The van der Waals surface area contributed by atoms with Crippen molar-refractivity contribution in [3.63, 3.8) is 0 Å². The van der Waals surface area contributed by atoms with Gasteiger partial charge in [-0.05, 0) is 32.5 Å². The Morgan fingerprint density at radius 3 is 2.92 bits per heavy atom. The van der Waals surface area contributed by atoms with Crippen molar-refractivity contribution < 1.29 is 0 Å². The molecule has 1 rings (SSSR count). The molecule has 0 bridgehead atoms. The molecule has 0 aromatic rings. The first-order valence-electron chi connectivity index (χ1n) is 4.82. The highest BCUT2D eigenvalue weighted by Gasteiger charge is 2.22. The lowest BCUT2D eigenvalue weighted by molar-refractivity contribution is 0.348. The van der Waals surface area contributed by atoms with Gasteiger partial charge >= 0.3 is 0 Å². The van der Waals surface area contributed by atoms with Crippen molar-refractivity contribution in [2.45, 2.75) is 13.3 Å². The van der Waals surface area contributed by atoms with Crippen molar-refractivity contribution in [3.05, 3.63) is 12.2 Å². The van der Waals surface area contributed by atoms with Crippen LogP contribution in [0, 0.1) is 5.92 Å². The topological polar surface area (TPSA) is 15.3 Å². The van der Waals surface area contributed by atoms with Gasteiger partial charge in [-0.2, -0.15) is 0 Å². The van der Waals surface area contributed by atoms with E-state index in [1.807, 2.05) is 7.05 Å². The molecule has 0 aliphatic carbocycles. The van der Waals surface area contributed by atoms with E-state index in [0.717, 1.165) is 12.5 Å². The Bertz CT molecular complexity index is 154. The largest absolute Gasteiger partial charge is 0.316 e. The predicted molar refractivity (Wildman–Crippen MR) is 53.3 cm³/mol. The van der Waals surface area contributed by atoms with Crippen LogP contribution in [0.3, 0.4) is 0 Å². The van der Waals surface area contributed by atoms with E-state index in [2.05, 4.69) is 23.7 Å². The second kappa shape index (κ2) is 4.63. The first-order valence-corrected chi connectivity index (χ1v) is 4.82. The van der Waals surface area contributed by atoms with Crippen LogP contribution in [-0.4, -0.2) is 38.1 Å². The van der Waals surface area contributed by atoms with Gasteiger partial charge in [-0.15, -0.1) is 0 Å². The van der Waals surface area contributed by atoms with Crippen LogP contribution in [0.5, 0.6) is 0 Å². The number of hydrogen-bond donors (Lipinski definition) is 1. The van der Waals surface area contributed by atoms with Gasteiger partial charge in [0.2, 0.25) is 0 Å². The van der Waals surface area contributed by atoms with Crippen molar-refractivity contribution in [2.24, 2.45) is 5.92 Å². The SMILES string of the molecule is C=C(CNC)C1CCN(CC)C1. The Kier molecular flexibility index (Phi) is 3.76. The van der Waals surface area contributed by atoms with E-state index in [1.54, 1.807) is 0 Å². The second-order valence-corrected chi connectivity index (χ2v) is 3.57. The van der Waals surface area contributed by atoms with E-state index in [4.69, 9.17) is 0 Å². The lowest BCUT2D eigenvalue weighted by Gasteiger charge is -2.14. The van der Waals surface area contributed by atoms with Crippen LogP contribution in [0.4, 0.5) is 0 Å². The Balaban J connectivity index is 2.31. The van der Waals surface area contributed by atoms with Crippen molar-refractivity contribution in [3.8, 4) is 0 Å². The zero-order valence-corrected chi connectivity index (χ0v) is 8.27. The standard InChI is InChI=1S/C10H20N2/c1-4-12-6-5-10(8-12)9(2)7-11-3/h10-11H,2,4-8H2,1,3H3. The quantitative estimate of drug-likeness (QED) is 0.632. The minimum absolute atomic E-state index is 0.734. The molecule has 1 saturated heterocycles. The summed E-state index contributed by atoms with van der Waals surface area (Å²) in [5.74, 6) is 0.734. The summed E-state index contributed by atoms with van der Waals surface area (Å²) in [6.07, 6.45) is 1.30. The number of likely N-dealkylation sites (tertiary alicyclic amines) is 1. The Morgan fingerprint density at radius 1 is 1.67 bits per heavy atom. The summed E-state index contributed by atoms with van der Waals surface area (Å²) in [7, 11) is 1.98. The maximum absolute atomic E-state index is 4.11. The monoisotopic (exact) mass is 168 g/mol. The zero-order valence-electron chi connectivity index (χ0n) is 8.27. The minimum atomic E-state index is 0.734. The normalized spacial score (nSPS) is 24.7. The van der Waals surface area contributed by atoms with Crippen LogP contribution in [0.25, 0.3) is 0 Å². The number of hydrogen-bond acceptors (Lipinski definition) is 2. The first kappa shape index (κ1) is 9.75. The van der Waals surface area contributed by atoms with Gasteiger partial charge in [0.15, 0.2) is 0 Å². The van der Waals surface area contributed by atoms with Crippen molar-refractivity contribution in [2.75, 3.05) is 33.2 Å². The summed E-state index contributed by atoms with van der Waals surface area (Å²) in [6.45, 7) is 11.0.